The van der Waals surface area contributed by atoms with Crippen molar-refractivity contribution < 1.29 is 23.8 Å². The third-order valence-corrected chi connectivity index (χ3v) is 4.56. The molecule has 0 spiro atoms. The lowest BCUT2D eigenvalue weighted by molar-refractivity contribution is 0.0237. The van der Waals surface area contributed by atoms with E-state index < -0.39 is 0 Å². The van der Waals surface area contributed by atoms with Gasteiger partial charge >= 0.3 is 5.97 Å². The van der Waals surface area contributed by atoms with E-state index in [0.717, 1.165) is 25.7 Å². The number of carbonyl (C=O) groups is 2. The second-order valence-electron chi connectivity index (χ2n) is 6.84. The highest BCUT2D eigenvalue weighted by molar-refractivity contribution is 6.04. The fourth-order valence-corrected chi connectivity index (χ4v) is 2.83. The highest BCUT2D eigenvalue weighted by Gasteiger charge is 2.16. The molecular weight excluding hydrogens is 372 g/mol. The highest BCUT2D eigenvalue weighted by Crippen LogP contribution is 2.17. The van der Waals surface area contributed by atoms with Crippen LogP contribution in [0.2, 0.25) is 0 Å². The van der Waals surface area contributed by atoms with E-state index in [-0.39, 0.29) is 18.0 Å². The van der Waals surface area contributed by atoms with E-state index in [1.54, 1.807) is 36.4 Å². The summed E-state index contributed by atoms with van der Waals surface area (Å²) in [6.07, 6.45) is 5.08. The molecule has 0 atom stereocenters. The number of ether oxygens (including phenoxy) is 3. The molecule has 154 valence electrons. The molecule has 2 heterocycles. The molecule has 29 heavy (non-hydrogen) atoms. The number of unbranched alkanes of at least 4 members (excludes halogenated alkanes) is 1. The lowest BCUT2D eigenvalue weighted by atomic mass is 10.1. The Hall–Kier alpha value is -2.93. The number of amides is 1. The standard InChI is InChI=1S/C22H26N2O5/c1-2-3-12-28-22(26)16-4-7-18(8-5-16)24-21(25)17-6-9-20(23-15-17)29-19-10-13-27-14-11-19/h4-9,15,19H,2-3,10-14H2,1H3,(H,24,25). The van der Waals surface area contributed by atoms with Crippen molar-refractivity contribution in [2.24, 2.45) is 0 Å². The normalized spacial score (nSPS) is 14.2. The van der Waals surface area contributed by atoms with Gasteiger partial charge in [-0.3, -0.25) is 4.79 Å². The van der Waals surface area contributed by atoms with E-state index in [4.69, 9.17) is 14.2 Å². The second-order valence-corrected chi connectivity index (χ2v) is 6.84. The number of carbonyl (C=O) groups excluding carboxylic acids is 2. The zero-order valence-electron chi connectivity index (χ0n) is 16.6. The fraction of sp³-hybridized carbons (Fsp3) is 0.409. The number of benzene rings is 1. The van der Waals surface area contributed by atoms with Crippen molar-refractivity contribution in [3.8, 4) is 5.88 Å². The number of esters is 1. The molecule has 7 heteroatoms. The topological polar surface area (TPSA) is 86.8 Å². The average Bonchev–Trinajstić information content (AvgIpc) is 2.75. The van der Waals surface area contributed by atoms with Crippen molar-refractivity contribution in [3.05, 3.63) is 53.7 Å². The number of hydrogen-bond acceptors (Lipinski definition) is 6. The van der Waals surface area contributed by atoms with Crippen LogP contribution in [0.25, 0.3) is 0 Å². The lowest BCUT2D eigenvalue weighted by Crippen LogP contribution is -2.26. The number of pyridine rings is 1. The first-order chi connectivity index (χ1) is 14.2. The van der Waals surface area contributed by atoms with Gasteiger partial charge in [-0.05, 0) is 36.8 Å². The molecule has 0 saturated carbocycles. The molecule has 0 unspecified atom stereocenters. The van der Waals surface area contributed by atoms with Gasteiger partial charge < -0.3 is 19.5 Å². The predicted molar refractivity (Wildman–Crippen MR) is 108 cm³/mol. The number of nitrogens with one attached hydrogen (secondary N) is 1. The number of rotatable bonds is 8. The molecule has 3 rings (SSSR count). The molecule has 1 aliphatic rings. The van der Waals surface area contributed by atoms with Gasteiger partial charge in [0.2, 0.25) is 5.88 Å². The van der Waals surface area contributed by atoms with Crippen LogP contribution in [0.1, 0.15) is 53.3 Å². The van der Waals surface area contributed by atoms with E-state index in [1.165, 1.54) is 6.20 Å². The summed E-state index contributed by atoms with van der Waals surface area (Å²) in [5.74, 6) is -0.145. The molecular formula is C22H26N2O5. The Morgan fingerprint density at radius 1 is 1.10 bits per heavy atom. The van der Waals surface area contributed by atoms with Crippen LogP contribution in [0.15, 0.2) is 42.6 Å². The van der Waals surface area contributed by atoms with Crippen molar-refractivity contribution in [2.45, 2.75) is 38.7 Å². The molecule has 7 nitrogen and oxygen atoms in total. The second kappa shape index (κ2) is 10.6. The summed E-state index contributed by atoms with van der Waals surface area (Å²) < 4.78 is 16.3. The third kappa shape index (κ3) is 6.29. The fourth-order valence-electron chi connectivity index (χ4n) is 2.83. The third-order valence-electron chi connectivity index (χ3n) is 4.56. The van der Waals surface area contributed by atoms with Gasteiger partial charge in [-0.1, -0.05) is 13.3 Å². The molecule has 0 aliphatic carbocycles. The van der Waals surface area contributed by atoms with E-state index in [1.807, 2.05) is 6.92 Å². The first-order valence-corrected chi connectivity index (χ1v) is 9.94. The predicted octanol–water partition coefficient (Wildman–Crippen LogP) is 3.85. The van der Waals surface area contributed by atoms with Crippen LogP contribution in [0, 0.1) is 0 Å². The van der Waals surface area contributed by atoms with Gasteiger partial charge in [-0.25, -0.2) is 9.78 Å². The van der Waals surface area contributed by atoms with Gasteiger partial charge in [0, 0.05) is 30.8 Å². The van der Waals surface area contributed by atoms with Crippen molar-refractivity contribution in [3.63, 3.8) is 0 Å². The molecule has 1 aliphatic heterocycles. The van der Waals surface area contributed by atoms with Crippen LogP contribution >= 0.6 is 0 Å². The minimum absolute atomic E-state index is 0.100. The monoisotopic (exact) mass is 398 g/mol. The number of anilines is 1. The molecule has 2 aromatic rings. The first-order valence-electron chi connectivity index (χ1n) is 9.94. The molecule has 1 fully saturated rings. The maximum Gasteiger partial charge on any atom is 0.338 e. The van der Waals surface area contributed by atoms with Gasteiger partial charge in [0.05, 0.1) is 30.9 Å². The van der Waals surface area contributed by atoms with Crippen molar-refractivity contribution in [1.29, 1.82) is 0 Å². The van der Waals surface area contributed by atoms with Crippen LogP contribution < -0.4 is 10.1 Å². The molecule has 0 bridgehead atoms. The largest absolute Gasteiger partial charge is 0.474 e. The summed E-state index contributed by atoms with van der Waals surface area (Å²) in [4.78, 5) is 28.5. The first kappa shape index (κ1) is 20.8. The molecule has 1 saturated heterocycles. The number of aromatic nitrogens is 1. The molecule has 0 radical (unpaired) electrons. The number of hydrogen-bond donors (Lipinski definition) is 1. The summed E-state index contributed by atoms with van der Waals surface area (Å²) in [7, 11) is 0. The zero-order valence-corrected chi connectivity index (χ0v) is 16.6. The highest BCUT2D eigenvalue weighted by atomic mass is 16.5. The summed E-state index contributed by atoms with van der Waals surface area (Å²) >= 11 is 0. The maximum absolute atomic E-state index is 12.4. The van der Waals surface area contributed by atoms with Gasteiger partial charge in [0.1, 0.15) is 6.10 Å². The van der Waals surface area contributed by atoms with E-state index in [9.17, 15) is 9.59 Å². The zero-order chi connectivity index (χ0) is 20.5. The van der Waals surface area contributed by atoms with Crippen molar-refractivity contribution >= 4 is 17.6 Å². The van der Waals surface area contributed by atoms with E-state index in [2.05, 4.69) is 10.3 Å². The SMILES string of the molecule is CCCCOC(=O)c1ccc(NC(=O)c2ccc(OC3CCOCC3)nc2)cc1. The minimum atomic E-state index is -0.361. The van der Waals surface area contributed by atoms with Gasteiger partial charge in [0.25, 0.3) is 5.91 Å². The van der Waals surface area contributed by atoms with Crippen molar-refractivity contribution in [1.82, 2.24) is 4.98 Å². The number of nitrogens with zero attached hydrogens (tertiary/aromatic N) is 1. The van der Waals surface area contributed by atoms with Gasteiger partial charge in [0.15, 0.2) is 0 Å². The van der Waals surface area contributed by atoms with Crippen molar-refractivity contribution in [2.75, 3.05) is 25.1 Å². The van der Waals surface area contributed by atoms with Crippen LogP contribution in [-0.4, -0.2) is 42.8 Å². The maximum atomic E-state index is 12.4. The Balaban J connectivity index is 1.52. The van der Waals surface area contributed by atoms with Crippen LogP contribution in [0.5, 0.6) is 5.88 Å². The Labute approximate surface area is 170 Å². The average molecular weight is 398 g/mol. The molecule has 1 aromatic heterocycles. The van der Waals surface area contributed by atoms with Gasteiger partial charge in [-0.15, -0.1) is 0 Å². The van der Waals surface area contributed by atoms with Crippen LogP contribution in [0.3, 0.4) is 0 Å². The van der Waals surface area contributed by atoms with E-state index in [0.29, 0.717) is 42.5 Å². The molecule has 1 amide bonds. The quantitative estimate of drug-likeness (QED) is 0.537. The lowest BCUT2D eigenvalue weighted by Gasteiger charge is -2.22. The Kier molecular flexibility index (Phi) is 7.58. The van der Waals surface area contributed by atoms with Crippen LogP contribution in [0.4, 0.5) is 5.69 Å². The smallest absolute Gasteiger partial charge is 0.338 e. The Morgan fingerprint density at radius 2 is 1.83 bits per heavy atom. The summed E-state index contributed by atoms with van der Waals surface area (Å²) in [5, 5.41) is 2.79. The summed E-state index contributed by atoms with van der Waals surface area (Å²) in [6, 6.07) is 9.98. The molecule has 1 aromatic carbocycles. The molecule has 1 N–H and O–H groups in total. The Bertz CT molecular complexity index is 799. The van der Waals surface area contributed by atoms with E-state index >= 15 is 0 Å². The minimum Gasteiger partial charge on any atom is -0.474 e. The summed E-state index contributed by atoms with van der Waals surface area (Å²) in [5.41, 5.74) is 1.46. The van der Waals surface area contributed by atoms with Gasteiger partial charge in [-0.2, -0.15) is 0 Å². The Morgan fingerprint density at radius 3 is 2.48 bits per heavy atom. The van der Waals surface area contributed by atoms with Crippen LogP contribution in [-0.2, 0) is 9.47 Å². The summed E-state index contributed by atoms with van der Waals surface area (Å²) in [6.45, 7) is 3.84.